The van der Waals surface area contributed by atoms with Gasteiger partial charge in [0, 0.05) is 6.54 Å². The van der Waals surface area contributed by atoms with Crippen LogP contribution in [0.4, 0.5) is 4.39 Å². The molecule has 0 aromatic carbocycles. The smallest absolute Gasteiger partial charge is 0.260 e. The summed E-state index contributed by atoms with van der Waals surface area (Å²) in [5.74, 6) is -1.06. The number of likely N-dealkylation sites (tertiary alicyclic amines) is 1. The first-order valence-electron chi connectivity index (χ1n) is 6.86. The van der Waals surface area contributed by atoms with Crippen molar-refractivity contribution in [3.63, 3.8) is 0 Å². The predicted octanol–water partition coefficient (Wildman–Crippen LogP) is 1.06. The normalized spacial score (nSPS) is 24.4. The average molecular weight is 280 g/mol. The molecule has 1 aliphatic carbocycles. The third-order valence-corrected chi connectivity index (χ3v) is 4.10. The van der Waals surface area contributed by atoms with Gasteiger partial charge in [-0.2, -0.15) is 5.10 Å². The number of aromatic nitrogens is 2. The second-order valence-electron chi connectivity index (χ2n) is 5.54. The molecule has 108 valence electrons. The van der Waals surface area contributed by atoms with Crippen molar-refractivity contribution in [3.8, 4) is 0 Å². The highest BCUT2D eigenvalue weighted by Gasteiger charge is 2.54. The van der Waals surface area contributed by atoms with Crippen LogP contribution in [0.25, 0.3) is 0 Å². The van der Waals surface area contributed by atoms with Crippen LogP contribution in [0.1, 0.15) is 54.2 Å². The number of alkyl halides is 1. The molecule has 1 aliphatic heterocycles. The zero-order valence-electron chi connectivity index (χ0n) is 11.1. The summed E-state index contributed by atoms with van der Waals surface area (Å²) >= 11 is 0. The van der Waals surface area contributed by atoms with Gasteiger partial charge in [0.15, 0.2) is 5.67 Å². The summed E-state index contributed by atoms with van der Waals surface area (Å²) in [5, 5.41) is 6.58. The topological polar surface area (TPSA) is 92.1 Å². The first-order chi connectivity index (χ1) is 9.53. The summed E-state index contributed by atoms with van der Waals surface area (Å²) in [6.45, 7) is 0.506. The monoisotopic (exact) mass is 280 g/mol. The lowest BCUT2D eigenvalue weighted by molar-refractivity contribution is -0.142. The Labute approximate surface area is 115 Å². The van der Waals surface area contributed by atoms with Crippen molar-refractivity contribution in [2.24, 2.45) is 5.73 Å². The maximum atomic E-state index is 14.0. The molecule has 1 saturated carbocycles. The van der Waals surface area contributed by atoms with Gasteiger partial charge in [0.2, 0.25) is 0 Å². The molecule has 0 bridgehead atoms. The van der Waals surface area contributed by atoms with E-state index < -0.39 is 17.5 Å². The van der Waals surface area contributed by atoms with Crippen molar-refractivity contribution in [3.05, 3.63) is 17.5 Å². The zero-order chi connectivity index (χ0) is 14.3. The second kappa shape index (κ2) is 4.57. The van der Waals surface area contributed by atoms with Gasteiger partial charge in [-0.05, 0) is 32.1 Å². The molecule has 1 aromatic rings. The van der Waals surface area contributed by atoms with E-state index in [4.69, 9.17) is 5.73 Å². The summed E-state index contributed by atoms with van der Waals surface area (Å²) in [4.78, 5) is 25.2. The van der Waals surface area contributed by atoms with Crippen molar-refractivity contribution in [1.82, 2.24) is 15.1 Å². The molecule has 2 aliphatic rings. The van der Waals surface area contributed by atoms with Crippen molar-refractivity contribution < 1.29 is 14.0 Å². The zero-order valence-corrected chi connectivity index (χ0v) is 11.1. The molecule has 1 atom stereocenters. The molecule has 1 aromatic heterocycles. The summed E-state index contributed by atoms with van der Waals surface area (Å²) in [5.41, 5.74) is 4.42. The van der Waals surface area contributed by atoms with Crippen LogP contribution < -0.4 is 5.73 Å². The van der Waals surface area contributed by atoms with E-state index in [9.17, 15) is 14.0 Å². The number of nitrogens with one attached hydrogen (secondary N) is 1. The number of hydrogen-bond acceptors (Lipinski definition) is 3. The molecule has 7 heteroatoms. The Morgan fingerprint density at radius 2 is 2.20 bits per heavy atom. The number of amides is 2. The van der Waals surface area contributed by atoms with Gasteiger partial charge < -0.3 is 10.6 Å². The third-order valence-electron chi connectivity index (χ3n) is 4.10. The molecule has 0 radical (unpaired) electrons. The van der Waals surface area contributed by atoms with E-state index in [1.807, 2.05) is 0 Å². The molecular formula is C13H17FN4O2. The van der Waals surface area contributed by atoms with E-state index in [0.29, 0.717) is 31.5 Å². The van der Waals surface area contributed by atoms with Gasteiger partial charge >= 0.3 is 0 Å². The molecule has 2 heterocycles. The van der Waals surface area contributed by atoms with Gasteiger partial charge in [-0.25, -0.2) is 4.39 Å². The first kappa shape index (κ1) is 13.1. The van der Waals surface area contributed by atoms with E-state index in [0.717, 1.165) is 12.8 Å². The Kier molecular flexibility index (Phi) is 2.99. The van der Waals surface area contributed by atoms with Crippen LogP contribution in [0, 0.1) is 0 Å². The molecule has 6 nitrogen and oxygen atoms in total. The van der Waals surface area contributed by atoms with Crippen molar-refractivity contribution in [1.29, 1.82) is 0 Å². The van der Waals surface area contributed by atoms with Crippen molar-refractivity contribution in [2.75, 3.05) is 6.54 Å². The minimum absolute atomic E-state index is 0.276. The summed E-state index contributed by atoms with van der Waals surface area (Å²) < 4.78 is 14.0. The first-order valence-corrected chi connectivity index (χ1v) is 6.86. The number of hydrogen-bond donors (Lipinski definition) is 2. The van der Waals surface area contributed by atoms with Crippen LogP contribution in [0.2, 0.25) is 0 Å². The Balaban J connectivity index is 1.90. The highest BCUT2D eigenvalue weighted by Crippen LogP contribution is 2.44. The number of carbonyl (C=O) groups excluding carboxylic acids is 2. The standard InChI is InChI=1S/C13H17FN4O2/c14-13(4-5-13)12(20)18-6-2-1-3-9(18)10-8(11(15)19)7-16-17-10/h7,9H,1-6H2,(H2,15,19)(H,16,17). The molecule has 0 spiro atoms. The Bertz CT molecular complexity index is 552. The number of carbonyl (C=O) groups is 2. The highest BCUT2D eigenvalue weighted by molar-refractivity contribution is 5.94. The van der Waals surface area contributed by atoms with Crippen LogP contribution in [0.15, 0.2) is 6.20 Å². The minimum Gasteiger partial charge on any atom is -0.365 e. The Morgan fingerprint density at radius 1 is 1.45 bits per heavy atom. The number of halogens is 1. The van der Waals surface area contributed by atoms with Gasteiger partial charge in [0.1, 0.15) is 0 Å². The van der Waals surface area contributed by atoms with E-state index in [1.165, 1.54) is 11.1 Å². The van der Waals surface area contributed by atoms with Crippen LogP contribution in [0.5, 0.6) is 0 Å². The Hall–Kier alpha value is -1.92. The van der Waals surface area contributed by atoms with E-state index in [2.05, 4.69) is 10.2 Å². The maximum absolute atomic E-state index is 14.0. The minimum atomic E-state index is -1.69. The number of aromatic amines is 1. The van der Waals surface area contributed by atoms with Crippen LogP contribution >= 0.6 is 0 Å². The molecule has 3 rings (SSSR count). The summed E-state index contributed by atoms with van der Waals surface area (Å²) in [7, 11) is 0. The number of nitrogens with zero attached hydrogens (tertiary/aromatic N) is 2. The SMILES string of the molecule is NC(=O)c1cn[nH]c1C1CCCCN1C(=O)C1(F)CC1. The van der Waals surface area contributed by atoms with E-state index >= 15 is 0 Å². The molecule has 2 amide bonds. The fourth-order valence-corrected chi connectivity index (χ4v) is 2.80. The van der Waals surface area contributed by atoms with Gasteiger partial charge in [0.05, 0.1) is 23.5 Å². The fraction of sp³-hybridized carbons (Fsp3) is 0.615. The van der Waals surface area contributed by atoms with Gasteiger partial charge in [-0.1, -0.05) is 0 Å². The molecule has 3 N–H and O–H groups in total. The lowest BCUT2D eigenvalue weighted by atomic mass is 9.96. The third kappa shape index (κ3) is 2.07. The van der Waals surface area contributed by atoms with E-state index in [1.54, 1.807) is 0 Å². The molecule has 2 fully saturated rings. The number of nitrogens with two attached hydrogens (primary N) is 1. The lowest BCUT2D eigenvalue weighted by Crippen LogP contribution is -2.44. The average Bonchev–Trinajstić information content (AvgIpc) is 3.02. The number of primary amides is 1. The van der Waals surface area contributed by atoms with E-state index in [-0.39, 0.29) is 11.6 Å². The molecule has 1 unspecified atom stereocenters. The second-order valence-corrected chi connectivity index (χ2v) is 5.54. The van der Waals surface area contributed by atoms with Crippen molar-refractivity contribution >= 4 is 11.8 Å². The van der Waals surface area contributed by atoms with Gasteiger partial charge in [0.25, 0.3) is 11.8 Å². The van der Waals surface area contributed by atoms with Gasteiger partial charge in [-0.15, -0.1) is 0 Å². The quantitative estimate of drug-likeness (QED) is 0.867. The summed E-state index contributed by atoms with van der Waals surface area (Å²) in [6, 6.07) is -0.338. The predicted molar refractivity (Wildman–Crippen MR) is 68.5 cm³/mol. The van der Waals surface area contributed by atoms with Gasteiger partial charge in [-0.3, -0.25) is 14.7 Å². The Morgan fingerprint density at radius 3 is 2.85 bits per heavy atom. The fourth-order valence-electron chi connectivity index (χ4n) is 2.80. The molecular weight excluding hydrogens is 263 g/mol. The number of piperidine rings is 1. The van der Waals surface area contributed by atoms with Crippen LogP contribution in [-0.4, -0.2) is 39.1 Å². The van der Waals surface area contributed by atoms with Crippen LogP contribution in [-0.2, 0) is 4.79 Å². The largest absolute Gasteiger partial charge is 0.365 e. The number of H-pyrrole nitrogens is 1. The number of rotatable bonds is 3. The highest BCUT2D eigenvalue weighted by atomic mass is 19.1. The molecule has 1 saturated heterocycles. The summed E-state index contributed by atoms with van der Waals surface area (Å²) in [6.07, 6.45) is 4.40. The van der Waals surface area contributed by atoms with Crippen LogP contribution in [0.3, 0.4) is 0 Å². The lowest BCUT2D eigenvalue weighted by Gasteiger charge is -2.36. The maximum Gasteiger partial charge on any atom is 0.260 e. The molecule has 20 heavy (non-hydrogen) atoms. The van der Waals surface area contributed by atoms with Crippen molar-refractivity contribution in [2.45, 2.75) is 43.8 Å².